The molecule has 402 valence electrons. The van der Waals surface area contributed by atoms with Crippen molar-refractivity contribution in [2.45, 2.75) is 82.9 Å². The third-order valence-corrected chi connectivity index (χ3v) is 12.8. The van der Waals surface area contributed by atoms with Crippen LogP contribution in [0.15, 0.2) is 68.1 Å². The number of benzene rings is 3. The first-order chi connectivity index (χ1) is 34.3. The number of halogens is 10. The van der Waals surface area contributed by atoms with Gasteiger partial charge in [-0.3, -0.25) is 24.2 Å². The topological polar surface area (TPSA) is 223 Å². The number of carbonyl (C=O) groups excluding carboxylic acids is 4. The van der Waals surface area contributed by atoms with E-state index in [-0.39, 0.29) is 76.3 Å². The zero-order chi connectivity index (χ0) is 55.9. The predicted molar refractivity (Wildman–Crippen MR) is 260 cm³/mol. The normalized spacial score (nSPS) is 14.9. The molecule has 0 saturated carbocycles. The van der Waals surface area contributed by atoms with Crippen LogP contribution in [-0.4, -0.2) is 98.9 Å². The molecule has 1 aliphatic heterocycles. The molecule has 0 aliphatic carbocycles. The fraction of sp³-hybridized carbons (Fsp3) is 0.378. The number of hydrogen-bond donors (Lipinski definition) is 1. The standard InChI is InChI=1S/C16H18Cl2N2O4.C15H14Cl2F3N3O3.C14H13F3N2O4S/c1-4-23-14(21)12-9-16(3,15(22)24-5-2)20(19-12)13-7-6-10(17)8-11(13)18;1-3-26-13(24)10(17)4-8-5-12(11(18)6-9(8)16)23-15(25)22(14(19)20)7(2)21-23;1-7-11(13(21)19(2)18-7)12(20)9-5-4-8(14(15,16)17)6-10(9)24(3,22)23/h6-8H,4-5,9H2,1-3H3;5-6,10,14H,3-4H2,1-2H3;4-6,18H,1-3H3. The highest BCUT2D eigenvalue weighted by Gasteiger charge is 2.49. The summed E-state index contributed by atoms with van der Waals surface area (Å²) >= 11 is 24.1. The van der Waals surface area contributed by atoms with Crippen molar-refractivity contribution < 1.29 is 68.1 Å². The molecule has 0 radical (unpaired) electrons. The smallest absolute Gasteiger partial charge is 0.416 e. The quantitative estimate of drug-likeness (QED) is 0.0363. The molecule has 18 nitrogen and oxygen atoms in total. The second kappa shape index (κ2) is 24.5. The Labute approximate surface area is 437 Å². The SMILES string of the molecule is CCOC(=O)C(Cl)Cc1cc(-n2nc(C)n(C(F)F)c2=O)c(F)cc1Cl.CCOC(=O)C1=NN(c2ccc(Cl)cc2Cl)C(C)(C(=O)OCC)C1.Cc1[nH]n(C)c(=O)c1C(=O)c1ccc(C(F)(F)F)cc1S(C)(=O)=O. The molecule has 0 saturated heterocycles. The fourth-order valence-electron chi connectivity index (χ4n) is 6.96. The van der Waals surface area contributed by atoms with E-state index in [2.05, 4.69) is 15.3 Å². The van der Waals surface area contributed by atoms with Gasteiger partial charge in [-0.25, -0.2) is 36.8 Å². The van der Waals surface area contributed by atoms with E-state index in [9.17, 15) is 63.5 Å². The third-order valence-electron chi connectivity index (χ3n) is 10.4. The molecule has 0 bridgehead atoms. The molecule has 3 heterocycles. The van der Waals surface area contributed by atoms with E-state index in [0.29, 0.717) is 38.8 Å². The van der Waals surface area contributed by atoms with Crippen molar-refractivity contribution >= 4 is 91.3 Å². The maximum absolute atomic E-state index is 14.2. The first-order valence-corrected chi connectivity index (χ1v) is 24.9. The highest BCUT2D eigenvalue weighted by molar-refractivity contribution is 7.90. The maximum Gasteiger partial charge on any atom is 0.416 e. The molecule has 74 heavy (non-hydrogen) atoms. The molecule has 0 spiro atoms. The zero-order valence-corrected chi connectivity index (χ0v) is 44.0. The summed E-state index contributed by atoms with van der Waals surface area (Å²) in [7, 11) is -2.77. The number of rotatable bonds is 14. The molecule has 3 aromatic carbocycles. The number of carbonyl (C=O) groups is 4. The number of ether oxygens (including phenoxy) is 3. The maximum atomic E-state index is 14.2. The highest BCUT2D eigenvalue weighted by atomic mass is 35.5. The van der Waals surface area contributed by atoms with Crippen molar-refractivity contribution in [3.8, 4) is 5.69 Å². The van der Waals surface area contributed by atoms with Gasteiger partial charge in [0.1, 0.15) is 28.2 Å². The summed E-state index contributed by atoms with van der Waals surface area (Å²) in [5.41, 5.74) is -4.48. The van der Waals surface area contributed by atoms with Gasteiger partial charge in [0, 0.05) is 47.4 Å². The van der Waals surface area contributed by atoms with Crippen molar-refractivity contribution in [1.29, 1.82) is 0 Å². The molecule has 1 N–H and O–H groups in total. The molecular weight excluding hydrogens is 1100 g/mol. The summed E-state index contributed by atoms with van der Waals surface area (Å²) in [6, 6.07) is 8.62. The van der Waals surface area contributed by atoms with Gasteiger partial charge in [0.25, 0.3) is 5.56 Å². The minimum absolute atomic E-state index is 0.0424. The van der Waals surface area contributed by atoms with Crippen LogP contribution in [-0.2, 0) is 58.1 Å². The number of anilines is 1. The zero-order valence-electron chi connectivity index (χ0n) is 40.2. The number of aromatic amines is 1. The van der Waals surface area contributed by atoms with Crippen molar-refractivity contribution in [2.75, 3.05) is 31.1 Å². The molecular formula is C45H45Cl4F6N7O11S. The molecule has 2 atom stereocenters. The summed E-state index contributed by atoms with van der Waals surface area (Å²) in [6.07, 6.45) is -4.12. The Morgan fingerprint density at radius 2 is 1.51 bits per heavy atom. The lowest BCUT2D eigenvalue weighted by Gasteiger charge is -2.32. The van der Waals surface area contributed by atoms with Gasteiger partial charge in [0.15, 0.2) is 21.2 Å². The van der Waals surface area contributed by atoms with E-state index in [1.54, 1.807) is 45.9 Å². The van der Waals surface area contributed by atoms with Crippen LogP contribution in [0.1, 0.15) is 79.2 Å². The molecule has 2 aromatic heterocycles. The lowest BCUT2D eigenvalue weighted by Crippen LogP contribution is -2.48. The van der Waals surface area contributed by atoms with Gasteiger partial charge < -0.3 is 14.2 Å². The van der Waals surface area contributed by atoms with Gasteiger partial charge in [-0.2, -0.15) is 31.7 Å². The fourth-order valence-corrected chi connectivity index (χ4v) is 8.81. The Kier molecular flexibility index (Phi) is 20.0. The molecule has 1 aliphatic rings. The van der Waals surface area contributed by atoms with Crippen molar-refractivity contribution in [3.63, 3.8) is 0 Å². The Balaban J connectivity index is 0.000000241. The molecule has 2 unspecified atom stereocenters. The van der Waals surface area contributed by atoms with E-state index in [1.165, 1.54) is 25.9 Å². The van der Waals surface area contributed by atoms with Crippen LogP contribution in [0.5, 0.6) is 0 Å². The van der Waals surface area contributed by atoms with E-state index >= 15 is 0 Å². The van der Waals surface area contributed by atoms with Gasteiger partial charge >= 0.3 is 36.3 Å². The summed E-state index contributed by atoms with van der Waals surface area (Å²) in [6.45, 7) is 6.72. The van der Waals surface area contributed by atoms with Gasteiger partial charge in [0.2, 0.25) is 5.78 Å². The van der Waals surface area contributed by atoms with E-state index in [0.717, 1.165) is 22.9 Å². The van der Waals surface area contributed by atoms with Gasteiger partial charge in [-0.15, -0.1) is 16.7 Å². The van der Waals surface area contributed by atoms with Crippen LogP contribution < -0.4 is 16.3 Å². The molecule has 29 heteroatoms. The van der Waals surface area contributed by atoms with Crippen LogP contribution >= 0.6 is 46.4 Å². The van der Waals surface area contributed by atoms with E-state index in [1.807, 2.05) is 0 Å². The number of aromatic nitrogens is 5. The monoisotopic (exact) mass is 1150 g/mol. The summed E-state index contributed by atoms with van der Waals surface area (Å²) in [4.78, 5) is 72.0. The second-order valence-corrected chi connectivity index (χ2v) is 19.6. The van der Waals surface area contributed by atoms with Gasteiger partial charge in [0.05, 0.1) is 41.0 Å². The Hall–Kier alpha value is -6.15. The summed E-state index contributed by atoms with van der Waals surface area (Å²) in [5.74, 6) is -3.95. The van der Waals surface area contributed by atoms with Crippen LogP contribution in [0.4, 0.5) is 32.0 Å². The summed E-state index contributed by atoms with van der Waals surface area (Å²) in [5, 5.41) is 11.5. The first kappa shape index (κ1) is 60.4. The number of sulfone groups is 1. The summed E-state index contributed by atoms with van der Waals surface area (Å²) < 4.78 is 119. The minimum atomic E-state index is -4.76. The number of ketones is 1. The molecule has 5 aromatic rings. The number of nitrogens with zero attached hydrogens (tertiary/aromatic N) is 6. The average molecular weight is 1150 g/mol. The van der Waals surface area contributed by atoms with Crippen LogP contribution in [0.25, 0.3) is 5.69 Å². The Morgan fingerprint density at radius 3 is 2.03 bits per heavy atom. The van der Waals surface area contributed by atoms with Crippen molar-refractivity contribution in [2.24, 2.45) is 12.1 Å². The number of alkyl halides is 6. The first-order valence-electron chi connectivity index (χ1n) is 21.5. The van der Waals surface area contributed by atoms with Crippen molar-refractivity contribution in [1.82, 2.24) is 24.1 Å². The van der Waals surface area contributed by atoms with Crippen LogP contribution in [0.3, 0.4) is 0 Å². The number of esters is 3. The van der Waals surface area contributed by atoms with Crippen molar-refractivity contribution in [3.05, 3.63) is 124 Å². The van der Waals surface area contributed by atoms with E-state index in [4.69, 9.17) is 60.6 Å². The Morgan fingerprint density at radius 1 is 0.892 bits per heavy atom. The van der Waals surface area contributed by atoms with Gasteiger partial charge in [-0.1, -0.05) is 34.8 Å². The minimum Gasteiger partial charge on any atom is -0.465 e. The number of hydrogen-bond acceptors (Lipinski definition) is 14. The van der Waals surface area contributed by atoms with Crippen LogP contribution in [0, 0.1) is 19.7 Å². The second-order valence-electron chi connectivity index (χ2n) is 15.8. The average Bonchev–Trinajstić information content (AvgIpc) is 3.91. The number of H-pyrrole nitrogens is 1. The number of nitrogens with one attached hydrogen (secondary N) is 1. The third kappa shape index (κ3) is 13.8. The van der Waals surface area contributed by atoms with Crippen LogP contribution in [0.2, 0.25) is 15.1 Å². The molecule has 6 rings (SSSR count). The largest absolute Gasteiger partial charge is 0.465 e. The lowest BCUT2D eigenvalue weighted by molar-refractivity contribution is -0.148. The number of hydrazone groups is 1. The lowest BCUT2D eigenvalue weighted by atomic mass is 9.95. The van der Waals surface area contributed by atoms with E-state index < -0.39 is 90.3 Å². The highest BCUT2D eigenvalue weighted by Crippen LogP contribution is 2.39. The predicted octanol–water partition coefficient (Wildman–Crippen LogP) is 8.36. The molecule has 0 amide bonds. The Bertz CT molecular complexity index is 3230. The molecule has 0 fully saturated rings. The van der Waals surface area contributed by atoms with Gasteiger partial charge in [-0.05, 0) is 95.6 Å². The number of aryl methyl sites for hydroxylation is 3.